The van der Waals surface area contributed by atoms with Crippen molar-refractivity contribution in [3.8, 4) is 0 Å². The summed E-state index contributed by atoms with van der Waals surface area (Å²) in [6.45, 7) is 4.17. The molecule has 1 N–H and O–H groups in total. The third-order valence-corrected chi connectivity index (χ3v) is 4.36. The van der Waals surface area contributed by atoms with Gasteiger partial charge in [0.05, 0.1) is 0 Å². The van der Waals surface area contributed by atoms with E-state index in [9.17, 15) is 17.2 Å². The van der Waals surface area contributed by atoms with Gasteiger partial charge in [0.25, 0.3) is 0 Å². The standard InChI is InChI=1S/C12H17F2NO2S/c1-3-9(4-2)8-15-18(16,17)12-6-5-10(13)7-11(12)14/h5-7,9,15H,3-4,8H2,1-2H3. The highest BCUT2D eigenvalue weighted by Crippen LogP contribution is 2.16. The highest BCUT2D eigenvalue weighted by atomic mass is 32.2. The number of hydrogen-bond donors (Lipinski definition) is 1. The van der Waals surface area contributed by atoms with E-state index in [1.807, 2.05) is 13.8 Å². The van der Waals surface area contributed by atoms with E-state index in [-0.39, 0.29) is 12.5 Å². The Morgan fingerprint density at radius 1 is 1.22 bits per heavy atom. The zero-order valence-corrected chi connectivity index (χ0v) is 11.2. The fourth-order valence-corrected chi connectivity index (χ4v) is 2.75. The first-order valence-electron chi connectivity index (χ1n) is 5.85. The van der Waals surface area contributed by atoms with E-state index in [0.717, 1.165) is 25.0 Å². The highest BCUT2D eigenvalue weighted by molar-refractivity contribution is 7.89. The molecular weight excluding hydrogens is 260 g/mol. The molecule has 0 unspecified atom stereocenters. The Labute approximate surface area is 106 Å². The minimum Gasteiger partial charge on any atom is -0.211 e. The lowest BCUT2D eigenvalue weighted by molar-refractivity contribution is 0.476. The fourth-order valence-electron chi connectivity index (χ4n) is 1.58. The van der Waals surface area contributed by atoms with Crippen LogP contribution >= 0.6 is 0 Å². The SMILES string of the molecule is CCC(CC)CNS(=O)(=O)c1ccc(F)cc1F. The van der Waals surface area contributed by atoms with Gasteiger partial charge in [0, 0.05) is 12.6 Å². The summed E-state index contributed by atoms with van der Waals surface area (Å²) in [4.78, 5) is -0.519. The van der Waals surface area contributed by atoms with Gasteiger partial charge in [-0.15, -0.1) is 0 Å². The summed E-state index contributed by atoms with van der Waals surface area (Å²) in [5.41, 5.74) is 0. The molecule has 0 radical (unpaired) electrons. The molecule has 0 amide bonds. The van der Waals surface area contributed by atoms with Crippen LogP contribution in [-0.4, -0.2) is 15.0 Å². The predicted octanol–water partition coefficient (Wildman–Crippen LogP) is 2.68. The monoisotopic (exact) mass is 277 g/mol. The van der Waals surface area contributed by atoms with Crippen LogP contribution in [0.25, 0.3) is 0 Å². The second kappa shape index (κ2) is 6.24. The number of hydrogen-bond acceptors (Lipinski definition) is 2. The first-order valence-corrected chi connectivity index (χ1v) is 7.33. The molecule has 1 rings (SSSR count). The van der Waals surface area contributed by atoms with Crippen LogP contribution in [0, 0.1) is 17.6 Å². The topological polar surface area (TPSA) is 46.2 Å². The lowest BCUT2D eigenvalue weighted by Gasteiger charge is -2.13. The molecule has 0 aliphatic heterocycles. The van der Waals surface area contributed by atoms with Crippen molar-refractivity contribution in [3.63, 3.8) is 0 Å². The molecule has 0 heterocycles. The molecule has 0 spiro atoms. The van der Waals surface area contributed by atoms with Crippen molar-refractivity contribution in [2.75, 3.05) is 6.54 Å². The summed E-state index contributed by atoms with van der Waals surface area (Å²) in [6.07, 6.45) is 1.68. The molecule has 0 aromatic heterocycles. The number of rotatable bonds is 6. The lowest BCUT2D eigenvalue weighted by Crippen LogP contribution is -2.29. The molecule has 1 aromatic carbocycles. The van der Waals surface area contributed by atoms with Gasteiger partial charge in [-0.1, -0.05) is 26.7 Å². The van der Waals surface area contributed by atoms with Crippen molar-refractivity contribution in [1.29, 1.82) is 0 Å². The average molecular weight is 277 g/mol. The van der Waals surface area contributed by atoms with Gasteiger partial charge in [-0.25, -0.2) is 21.9 Å². The maximum Gasteiger partial charge on any atom is 0.243 e. The second-order valence-electron chi connectivity index (χ2n) is 4.11. The Morgan fingerprint density at radius 3 is 2.33 bits per heavy atom. The normalized spacial score (nSPS) is 12.1. The van der Waals surface area contributed by atoms with E-state index in [0.29, 0.717) is 6.07 Å². The van der Waals surface area contributed by atoms with Gasteiger partial charge >= 0.3 is 0 Å². The molecule has 0 bridgehead atoms. The van der Waals surface area contributed by atoms with E-state index in [4.69, 9.17) is 0 Å². The Kier molecular flexibility index (Phi) is 5.22. The summed E-state index contributed by atoms with van der Waals surface area (Å²) in [5.74, 6) is -1.67. The largest absolute Gasteiger partial charge is 0.243 e. The first kappa shape index (κ1) is 15.0. The van der Waals surface area contributed by atoms with Crippen molar-refractivity contribution in [3.05, 3.63) is 29.8 Å². The second-order valence-corrected chi connectivity index (χ2v) is 5.84. The quantitative estimate of drug-likeness (QED) is 0.869. The van der Waals surface area contributed by atoms with Crippen molar-refractivity contribution in [2.24, 2.45) is 5.92 Å². The van der Waals surface area contributed by atoms with E-state index in [1.54, 1.807) is 0 Å². The molecule has 6 heteroatoms. The summed E-state index contributed by atoms with van der Waals surface area (Å²) in [6, 6.07) is 2.42. The molecule has 3 nitrogen and oxygen atoms in total. The smallest absolute Gasteiger partial charge is 0.211 e. The van der Waals surface area contributed by atoms with Crippen molar-refractivity contribution in [2.45, 2.75) is 31.6 Å². The zero-order chi connectivity index (χ0) is 13.8. The van der Waals surface area contributed by atoms with Gasteiger partial charge in [-0.05, 0) is 18.1 Å². The van der Waals surface area contributed by atoms with Gasteiger partial charge < -0.3 is 0 Å². The third kappa shape index (κ3) is 3.74. The van der Waals surface area contributed by atoms with Gasteiger partial charge in [0.1, 0.15) is 16.5 Å². The number of benzene rings is 1. The Bertz CT molecular complexity index is 499. The van der Waals surface area contributed by atoms with Crippen LogP contribution in [0.2, 0.25) is 0 Å². The van der Waals surface area contributed by atoms with E-state index in [1.165, 1.54) is 0 Å². The van der Waals surface area contributed by atoms with Crippen LogP contribution in [0.15, 0.2) is 23.1 Å². The molecule has 0 fully saturated rings. The summed E-state index contributed by atoms with van der Waals surface area (Å²) >= 11 is 0. The maximum atomic E-state index is 13.4. The molecule has 0 aliphatic carbocycles. The first-order chi connectivity index (χ1) is 8.40. The van der Waals surface area contributed by atoms with Crippen molar-refractivity contribution >= 4 is 10.0 Å². The molecule has 102 valence electrons. The number of halogens is 2. The van der Waals surface area contributed by atoms with Gasteiger partial charge in [-0.3, -0.25) is 0 Å². The minimum atomic E-state index is -3.91. The molecule has 1 aromatic rings. The predicted molar refractivity (Wildman–Crippen MR) is 65.6 cm³/mol. The van der Waals surface area contributed by atoms with Gasteiger partial charge in [0.2, 0.25) is 10.0 Å². The van der Waals surface area contributed by atoms with Crippen molar-refractivity contribution in [1.82, 2.24) is 4.72 Å². The Hall–Kier alpha value is -1.01. The van der Waals surface area contributed by atoms with Crippen molar-refractivity contribution < 1.29 is 17.2 Å². The summed E-state index contributed by atoms with van der Waals surface area (Å²) < 4.78 is 52.1. The summed E-state index contributed by atoms with van der Waals surface area (Å²) in [7, 11) is -3.91. The maximum absolute atomic E-state index is 13.4. The zero-order valence-electron chi connectivity index (χ0n) is 10.4. The van der Waals surface area contributed by atoms with Crippen LogP contribution in [0.4, 0.5) is 8.78 Å². The molecule has 0 saturated carbocycles. The lowest BCUT2D eigenvalue weighted by atomic mass is 10.0. The average Bonchev–Trinajstić information content (AvgIpc) is 2.29. The van der Waals surface area contributed by atoms with Gasteiger partial charge in [-0.2, -0.15) is 0 Å². The number of sulfonamides is 1. The van der Waals surface area contributed by atoms with Crippen LogP contribution in [0.5, 0.6) is 0 Å². The molecule has 0 saturated heterocycles. The molecule has 0 atom stereocenters. The van der Waals surface area contributed by atoms with Crippen LogP contribution in [0.1, 0.15) is 26.7 Å². The van der Waals surface area contributed by atoms with E-state index in [2.05, 4.69) is 4.72 Å². The van der Waals surface area contributed by atoms with Gasteiger partial charge in [0.15, 0.2) is 0 Å². The third-order valence-electron chi connectivity index (χ3n) is 2.90. The van der Waals surface area contributed by atoms with E-state index < -0.39 is 26.6 Å². The molecule has 0 aliphatic rings. The highest BCUT2D eigenvalue weighted by Gasteiger charge is 2.20. The fraction of sp³-hybridized carbons (Fsp3) is 0.500. The van der Waals surface area contributed by atoms with Crippen LogP contribution < -0.4 is 4.72 Å². The Balaban J connectivity index is 2.86. The Morgan fingerprint density at radius 2 is 1.83 bits per heavy atom. The molecule has 18 heavy (non-hydrogen) atoms. The van der Waals surface area contributed by atoms with Crippen LogP contribution in [0.3, 0.4) is 0 Å². The number of nitrogens with one attached hydrogen (secondary N) is 1. The molecular formula is C12H17F2NO2S. The minimum absolute atomic E-state index is 0.211. The summed E-state index contributed by atoms with van der Waals surface area (Å²) in [5, 5.41) is 0. The van der Waals surface area contributed by atoms with Crippen LogP contribution in [-0.2, 0) is 10.0 Å². The van der Waals surface area contributed by atoms with E-state index >= 15 is 0 Å².